The van der Waals surface area contributed by atoms with Gasteiger partial charge in [-0.3, -0.25) is 14.6 Å². The summed E-state index contributed by atoms with van der Waals surface area (Å²) >= 11 is 4.91. The molecule has 120 valence electrons. The van der Waals surface area contributed by atoms with Gasteiger partial charge in [0.15, 0.2) is 4.77 Å². The molecule has 0 unspecified atom stereocenters. The summed E-state index contributed by atoms with van der Waals surface area (Å²) in [6.45, 7) is 3.52. The topological polar surface area (TPSA) is 127 Å². The number of nitrogens with two attached hydrogens (primary N) is 2. The van der Waals surface area contributed by atoms with E-state index in [1.807, 2.05) is 4.57 Å². The Hall–Kier alpha value is -1.51. The minimum atomic E-state index is -0.933. The first-order valence-electron chi connectivity index (χ1n) is 6.90. The van der Waals surface area contributed by atoms with Crippen LogP contribution in [0.3, 0.4) is 0 Å². The monoisotopic (exact) mass is 316 g/mol. The summed E-state index contributed by atoms with van der Waals surface area (Å²) in [5.41, 5.74) is 10.3. The predicted molar refractivity (Wildman–Crippen MR) is 84.7 cm³/mol. The second-order valence-corrected chi connectivity index (χ2v) is 4.92. The van der Waals surface area contributed by atoms with Gasteiger partial charge in [0, 0.05) is 18.8 Å². The van der Waals surface area contributed by atoms with Gasteiger partial charge in [0.05, 0.1) is 0 Å². The van der Waals surface area contributed by atoms with E-state index < -0.39 is 12.0 Å². The van der Waals surface area contributed by atoms with Gasteiger partial charge in [-0.2, -0.15) is 0 Å². The van der Waals surface area contributed by atoms with Crippen molar-refractivity contribution in [3.63, 3.8) is 0 Å². The molecule has 0 saturated carbocycles. The van der Waals surface area contributed by atoms with Crippen molar-refractivity contribution < 1.29 is 9.90 Å². The van der Waals surface area contributed by atoms with Crippen LogP contribution in [0.15, 0.2) is 17.1 Å². The van der Waals surface area contributed by atoms with E-state index >= 15 is 0 Å². The van der Waals surface area contributed by atoms with Crippen molar-refractivity contribution in [2.45, 2.75) is 45.2 Å². The van der Waals surface area contributed by atoms with Crippen molar-refractivity contribution in [3.05, 3.63) is 27.4 Å². The lowest BCUT2D eigenvalue weighted by molar-refractivity contribution is -0.138. The molecule has 8 heteroatoms. The van der Waals surface area contributed by atoms with Gasteiger partial charge < -0.3 is 21.1 Å². The number of unbranched alkanes of at least 4 members (excludes halogenated alkanes) is 1. The Morgan fingerprint density at radius 2 is 2.19 bits per heavy atom. The molecule has 0 saturated heterocycles. The Bertz CT molecular complexity index is 527. The maximum atomic E-state index is 10.7. The molecule has 1 aromatic heterocycles. The molecule has 21 heavy (non-hydrogen) atoms. The number of hydrogen-bond acceptors (Lipinski definition) is 5. The number of aromatic amines is 1. The largest absolute Gasteiger partial charge is 0.480 e. The molecule has 0 fully saturated rings. The predicted octanol–water partition coefficient (Wildman–Crippen LogP) is 0.843. The molecular formula is C13H24N4O3S. The van der Waals surface area contributed by atoms with E-state index in [4.69, 9.17) is 28.8 Å². The molecule has 0 spiro atoms. The molecule has 0 radical (unpaired) electrons. The number of rotatable bonds is 7. The highest BCUT2D eigenvalue weighted by atomic mass is 32.1. The number of H-pyrrole nitrogens is 1. The van der Waals surface area contributed by atoms with E-state index in [1.165, 1.54) is 6.07 Å². The number of carbonyl (C=O) groups is 1. The summed E-state index contributed by atoms with van der Waals surface area (Å²) in [6.07, 6.45) is 4.89. The zero-order chi connectivity index (χ0) is 16.3. The first-order chi connectivity index (χ1) is 9.92. The number of carboxylic acids is 1. The molecule has 1 rings (SSSR count). The first-order valence-corrected chi connectivity index (χ1v) is 7.31. The lowest BCUT2D eigenvalue weighted by Gasteiger charge is -2.03. The fraction of sp³-hybridized carbons (Fsp3) is 0.615. The van der Waals surface area contributed by atoms with Gasteiger partial charge in [0.1, 0.15) is 6.04 Å². The van der Waals surface area contributed by atoms with Crippen molar-refractivity contribution in [1.29, 1.82) is 0 Å². The van der Waals surface area contributed by atoms with Crippen molar-refractivity contribution in [3.8, 4) is 0 Å². The highest BCUT2D eigenvalue weighted by Crippen LogP contribution is 1.97. The SMILES string of the molecule is CCCn1ccc(=O)[nH]c1=S.NCCCC[C@H](N)C(=O)O. The zero-order valence-corrected chi connectivity index (χ0v) is 13.1. The van der Waals surface area contributed by atoms with Crippen LogP contribution in [0.25, 0.3) is 0 Å². The van der Waals surface area contributed by atoms with Crippen molar-refractivity contribution in [2.24, 2.45) is 11.5 Å². The zero-order valence-electron chi connectivity index (χ0n) is 12.2. The van der Waals surface area contributed by atoms with Crippen LogP contribution in [-0.2, 0) is 11.3 Å². The number of aliphatic carboxylic acids is 1. The summed E-state index contributed by atoms with van der Waals surface area (Å²) in [5, 5.41) is 8.33. The third kappa shape index (κ3) is 9.11. The van der Waals surface area contributed by atoms with Crippen LogP contribution in [0.4, 0.5) is 0 Å². The molecule has 0 aliphatic heterocycles. The third-order valence-electron chi connectivity index (χ3n) is 2.65. The standard InChI is InChI=1S/C7H10N2OS.C6H14N2O2/c1-2-4-9-5-3-6(10)8-7(9)11;7-4-2-1-3-5(8)6(9)10/h3,5H,2,4H2,1H3,(H,8,10,11);5H,1-4,7-8H2,(H,9,10)/t;5-/m.0/s1. The molecule has 6 N–H and O–H groups in total. The Balaban J connectivity index is 0.000000384. The van der Waals surface area contributed by atoms with Crippen LogP contribution in [-0.4, -0.2) is 33.2 Å². The van der Waals surface area contributed by atoms with Gasteiger partial charge in [-0.1, -0.05) is 13.3 Å². The molecule has 0 amide bonds. The number of nitrogens with one attached hydrogen (secondary N) is 1. The summed E-state index contributed by atoms with van der Waals surface area (Å²) < 4.78 is 2.34. The Labute approximate surface area is 129 Å². The van der Waals surface area contributed by atoms with Crippen LogP contribution < -0.4 is 17.0 Å². The fourth-order valence-corrected chi connectivity index (χ4v) is 1.75. The van der Waals surface area contributed by atoms with Crippen molar-refractivity contribution in [1.82, 2.24) is 9.55 Å². The molecule has 0 aliphatic carbocycles. The van der Waals surface area contributed by atoms with Gasteiger partial charge in [-0.05, 0) is 38.0 Å². The minimum absolute atomic E-state index is 0.137. The Morgan fingerprint density at radius 1 is 1.52 bits per heavy atom. The molecule has 0 aromatic carbocycles. The van der Waals surface area contributed by atoms with E-state index in [9.17, 15) is 9.59 Å². The average Bonchev–Trinajstić information content (AvgIpc) is 2.43. The van der Waals surface area contributed by atoms with E-state index in [1.54, 1.807) is 6.20 Å². The van der Waals surface area contributed by atoms with E-state index in [2.05, 4.69) is 11.9 Å². The summed E-state index contributed by atoms with van der Waals surface area (Å²) in [5.74, 6) is -0.933. The van der Waals surface area contributed by atoms with Crippen molar-refractivity contribution >= 4 is 18.2 Å². The normalized spacial score (nSPS) is 11.4. The van der Waals surface area contributed by atoms with Gasteiger partial charge in [0.25, 0.3) is 5.56 Å². The highest BCUT2D eigenvalue weighted by molar-refractivity contribution is 7.71. The Kier molecular flexibility index (Phi) is 10.4. The van der Waals surface area contributed by atoms with E-state index in [-0.39, 0.29) is 5.56 Å². The summed E-state index contributed by atoms with van der Waals surface area (Å²) in [7, 11) is 0. The van der Waals surface area contributed by atoms with Gasteiger partial charge in [-0.15, -0.1) is 0 Å². The minimum Gasteiger partial charge on any atom is -0.480 e. The smallest absolute Gasteiger partial charge is 0.320 e. The molecule has 7 nitrogen and oxygen atoms in total. The lowest BCUT2D eigenvalue weighted by Crippen LogP contribution is -2.29. The molecule has 0 bridgehead atoms. The molecule has 1 aromatic rings. The maximum Gasteiger partial charge on any atom is 0.320 e. The van der Waals surface area contributed by atoms with Crippen molar-refractivity contribution in [2.75, 3.05) is 6.54 Å². The van der Waals surface area contributed by atoms with E-state index in [0.717, 1.165) is 25.8 Å². The van der Waals surface area contributed by atoms with Crippen LogP contribution in [0.1, 0.15) is 32.6 Å². The first kappa shape index (κ1) is 19.5. The second kappa shape index (κ2) is 11.2. The van der Waals surface area contributed by atoms with Gasteiger partial charge in [0.2, 0.25) is 0 Å². The lowest BCUT2D eigenvalue weighted by atomic mass is 10.1. The maximum absolute atomic E-state index is 10.7. The molecule has 0 aliphatic rings. The third-order valence-corrected chi connectivity index (χ3v) is 2.98. The quantitative estimate of drug-likeness (QED) is 0.436. The van der Waals surface area contributed by atoms with Crippen LogP contribution in [0, 0.1) is 4.77 Å². The summed E-state index contributed by atoms with van der Waals surface area (Å²) in [4.78, 5) is 23.4. The number of carboxylic acid groups (broad SMARTS) is 1. The number of hydrogen-bond donors (Lipinski definition) is 4. The fourth-order valence-electron chi connectivity index (χ4n) is 1.49. The Morgan fingerprint density at radius 3 is 2.67 bits per heavy atom. The average molecular weight is 316 g/mol. The molecule has 1 heterocycles. The number of aromatic nitrogens is 2. The van der Waals surface area contributed by atoms with Gasteiger partial charge >= 0.3 is 5.97 Å². The summed E-state index contributed by atoms with van der Waals surface area (Å²) in [6, 6.07) is 0.761. The molecular weight excluding hydrogens is 292 g/mol. The highest BCUT2D eigenvalue weighted by Gasteiger charge is 2.09. The van der Waals surface area contributed by atoms with Crippen LogP contribution >= 0.6 is 12.2 Å². The van der Waals surface area contributed by atoms with Crippen LogP contribution in [0.2, 0.25) is 0 Å². The van der Waals surface area contributed by atoms with E-state index in [0.29, 0.717) is 17.7 Å². The second-order valence-electron chi connectivity index (χ2n) is 4.53. The number of nitrogens with zero attached hydrogens (tertiary/aromatic N) is 1. The number of aryl methyl sites for hydroxylation is 1. The molecule has 1 atom stereocenters. The van der Waals surface area contributed by atoms with Gasteiger partial charge in [-0.25, -0.2) is 0 Å². The van der Waals surface area contributed by atoms with Crippen LogP contribution in [0.5, 0.6) is 0 Å².